The Balaban J connectivity index is 1.93. The van der Waals surface area contributed by atoms with Gasteiger partial charge in [-0.25, -0.2) is 33.4 Å². The van der Waals surface area contributed by atoms with E-state index in [0.717, 1.165) is 10.6 Å². The molecule has 1 N–H and O–H groups in total. The fourth-order valence-electron chi connectivity index (χ4n) is 3.27. The van der Waals surface area contributed by atoms with Crippen molar-refractivity contribution in [3.63, 3.8) is 0 Å². The van der Waals surface area contributed by atoms with Gasteiger partial charge in [0, 0.05) is 25.6 Å². The van der Waals surface area contributed by atoms with Gasteiger partial charge in [-0.1, -0.05) is 6.92 Å². The van der Waals surface area contributed by atoms with Crippen LogP contribution in [-0.4, -0.2) is 55.3 Å². The van der Waals surface area contributed by atoms with E-state index in [1.54, 1.807) is 13.8 Å². The van der Waals surface area contributed by atoms with Crippen LogP contribution < -0.4 is 5.48 Å². The molecule has 4 aromatic rings. The van der Waals surface area contributed by atoms with Crippen molar-refractivity contribution >= 4 is 32.6 Å². The summed E-state index contributed by atoms with van der Waals surface area (Å²) in [5.41, 5.74) is 1.32. The van der Waals surface area contributed by atoms with E-state index in [4.69, 9.17) is 4.84 Å². The number of amides is 1. The lowest BCUT2D eigenvalue weighted by atomic mass is 10.2. The number of hydrogen-bond donors (Lipinski definition) is 1. The highest BCUT2D eigenvalue weighted by Gasteiger charge is 2.33. The van der Waals surface area contributed by atoms with Crippen LogP contribution in [0.5, 0.6) is 0 Å². The van der Waals surface area contributed by atoms with Gasteiger partial charge in [-0.15, -0.1) is 0 Å². The Kier molecular flexibility index (Phi) is 6.00. The maximum absolute atomic E-state index is 13.2. The molecule has 0 aliphatic heterocycles. The minimum absolute atomic E-state index is 0.00157. The van der Waals surface area contributed by atoms with Crippen molar-refractivity contribution in [1.29, 1.82) is 0 Å². The van der Waals surface area contributed by atoms with E-state index in [0.29, 0.717) is 6.20 Å². The van der Waals surface area contributed by atoms with Gasteiger partial charge in [0.15, 0.2) is 26.2 Å². The molecule has 0 radical (unpaired) electrons. The van der Waals surface area contributed by atoms with Crippen LogP contribution in [-0.2, 0) is 27.9 Å². The molecule has 35 heavy (non-hydrogen) atoms. The topological polar surface area (TPSA) is 133 Å². The first-order valence-electron chi connectivity index (χ1n) is 10.3. The molecule has 4 aromatic heterocycles. The molecule has 0 aliphatic rings. The van der Waals surface area contributed by atoms with E-state index in [9.17, 15) is 26.4 Å². The third kappa shape index (κ3) is 4.43. The fraction of sp³-hybridized carbons (Fsp3) is 0.350. The number of carbonyl (C=O) groups is 1. The van der Waals surface area contributed by atoms with Gasteiger partial charge in [-0.2, -0.15) is 18.3 Å². The molecule has 0 saturated heterocycles. The third-order valence-corrected chi connectivity index (χ3v) is 6.66. The SMILES string of the molecule is CCS(=O)(=O)c1nn2cc(C(=O)NOC(C)C)cnc2c1-c1nc2cc(C(F)(F)F)cnc2n1C. The average Bonchev–Trinajstić information content (AvgIpc) is 3.34. The van der Waals surface area contributed by atoms with Gasteiger partial charge in [0.2, 0.25) is 0 Å². The highest BCUT2D eigenvalue weighted by atomic mass is 32.2. The summed E-state index contributed by atoms with van der Waals surface area (Å²) in [6.45, 7) is 4.85. The predicted molar refractivity (Wildman–Crippen MR) is 117 cm³/mol. The molecule has 0 fully saturated rings. The Morgan fingerprint density at radius 3 is 2.51 bits per heavy atom. The number of fused-ring (bicyclic) bond motifs is 2. The third-order valence-electron chi connectivity index (χ3n) is 5.02. The van der Waals surface area contributed by atoms with Crippen molar-refractivity contribution in [2.24, 2.45) is 7.05 Å². The minimum atomic E-state index is -4.63. The van der Waals surface area contributed by atoms with E-state index in [1.165, 1.54) is 30.9 Å². The van der Waals surface area contributed by atoms with E-state index in [-0.39, 0.29) is 50.6 Å². The predicted octanol–water partition coefficient (Wildman–Crippen LogP) is 2.56. The Bertz CT molecular complexity index is 1560. The summed E-state index contributed by atoms with van der Waals surface area (Å²) in [5.74, 6) is -0.932. The van der Waals surface area contributed by atoms with Crippen molar-refractivity contribution in [1.82, 2.24) is 34.6 Å². The molecule has 0 unspecified atom stereocenters. The maximum Gasteiger partial charge on any atom is 0.417 e. The Hall–Kier alpha value is -3.59. The molecule has 186 valence electrons. The number of pyridine rings is 1. The number of hydroxylamine groups is 1. The van der Waals surface area contributed by atoms with Crippen molar-refractivity contribution in [2.45, 2.75) is 38.1 Å². The lowest BCUT2D eigenvalue weighted by Gasteiger charge is -2.08. The van der Waals surface area contributed by atoms with Gasteiger partial charge in [0.25, 0.3) is 5.91 Å². The van der Waals surface area contributed by atoms with Crippen molar-refractivity contribution in [3.05, 3.63) is 35.8 Å². The van der Waals surface area contributed by atoms with Crippen LogP contribution in [0.2, 0.25) is 0 Å². The quantitative estimate of drug-likeness (QED) is 0.391. The van der Waals surface area contributed by atoms with Crippen LogP contribution in [0.1, 0.15) is 36.7 Å². The smallest absolute Gasteiger partial charge is 0.312 e. The highest BCUT2D eigenvalue weighted by Crippen LogP contribution is 2.34. The molecule has 0 bridgehead atoms. The molecule has 4 rings (SSSR count). The number of nitrogens with zero attached hydrogens (tertiary/aromatic N) is 6. The summed E-state index contributed by atoms with van der Waals surface area (Å²) in [7, 11) is -2.44. The zero-order valence-electron chi connectivity index (χ0n) is 19.0. The first-order valence-corrected chi connectivity index (χ1v) is 12.0. The first kappa shape index (κ1) is 24.5. The number of hydrogen-bond acceptors (Lipinski definition) is 8. The van der Waals surface area contributed by atoms with Crippen LogP contribution in [0.4, 0.5) is 13.2 Å². The van der Waals surface area contributed by atoms with Crippen LogP contribution in [0.3, 0.4) is 0 Å². The summed E-state index contributed by atoms with van der Waals surface area (Å²) in [4.78, 5) is 29.7. The normalized spacial score (nSPS) is 12.7. The van der Waals surface area contributed by atoms with E-state index in [1.807, 2.05) is 0 Å². The van der Waals surface area contributed by atoms with Gasteiger partial charge in [-0.3, -0.25) is 9.63 Å². The van der Waals surface area contributed by atoms with Gasteiger partial charge < -0.3 is 4.57 Å². The zero-order valence-corrected chi connectivity index (χ0v) is 19.8. The molecule has 15 heteroatoms. The average molecular weight is 511 g/mol. The second kappa shape index (κ2) is 8.57. The molecule has 0 aromatic carbocycles. The van der Waals surface area contributed by atoms with Gasteiger partial charge in [0.1, 0.15) is 16.9 Å². The summed E-state index contributed by atoms with van der Waals surface area (Å²) < 4.78 is 67.7. The number of nitrogens with one attached hydrogen (secondary N) is 1. The second-order valence-corrected chi connectivity index (χ2v) is 10.0. The number of carbonyl (C=O) groups excluding carboxylic acids is 1. The highest BCUT2D eigenvalue weighted by molar-refractivity contribution is 7.91. The Morgan fingerprint density at radius 2 is 1.89 bits per heavy atom. The summed E-state index contributed by atoms with van der Waals surface area (Å²) >= 11 is 0. The number of rotatable bonds is 6. The summed E-state index contributed by atoms with van der Waals surface area (Å²) in [6.07, 6.45) is -1.77. The van der Waals surface area contributed by atoms with Gasteiger partial charge in [-0.05, 0) is 19.9 Å². The number of aromatic nitrogens is 6. The Labute approximate surface area is 196 Å². The van der Waals surface area contributed by atoms with Crippen LogP contribution in [0.25, 0.3) is 28.2 Å². The monoisotopic (exact) mass is 511 g/mol. The summed E-state index contributed by atoms with van der Waals surface area (Å²) in [6, 6.07) is 0.829. The minimum Gasteiger partial charge on any atom is -0.312 e. The number of halogens is 3. The van der Waals surface area contributed by atoms with E-state index in [2.05, 4.69) is 25.5 Å². The van der Waals surface area contributed by atoms with Crippen LogP contribution >= 0.6 is 0 Å². The van der Waals surface area contributed by atoms with Crippen LogP contribution in [0.15, 0.2) is 29.7 Å². The largest absolute Gasteiger partial charge is 0.417 e. The molecule has 0 aliphatic carbocycles. The lowest BCUT2D eigenvalue weighted by Crippen LogP contribution is -2.27. The van der Waals surface area contributed by atoms with Crippen molar-refractivity contribution in [2.75, 3.05) is 5.75 Å². The molecule has 4 heterocycles. The summed E-state index contributed by atoms with van der Waals surface area (Å²) in [5, 5.41) is 3.75. The molecule has 0 atom stereocenters. The number of imidazole rings is 1. The molecule has 1 amide bonds. The molecule has 11 nitrogen and oxygen atoms in total. The lowest BCUT2D eigenvalue weighted by molar-refractivity contribution is -0.137. The molecular weight excluding hydrogens is 491 g/mol. The standard InChI is InChI=1S/C20H20F3N7O4S/c1-5-35(32,33)19-14(16-24-7-11(9-30(16)27-19)18(31)28-34-10(2)3)17-26-13-6-12(20(21,22)23)8-25-15(13)29(17)4/h6-10H,5H2,1-4H3,(H,28,31). The zero-order chi connectivity index (χ0) is 25.7. The van der Waals surface area contributed by atoms with E-state index < -0.39 is 27.5 Å². The molecular formula is C20H20F3N7O4S. The maximum atomic E-state index is 13.2. The van der Waals surface area contributed by atoms with Crippen molar-refractivity contribution < 1.29 is 31.2 Å². The fourth-order valence-corrected chi connectivity index (χ4v) is 4.25. The number of sulfone groups is 1. The van der Waals surface area contributed by atoms with Crippen LogP contribution in [0, 0.1) is 0 Å². The molecule has 0 spiro atoms. The first-order chi connectivity index (χ1) is 16.3. The van der Waals surface area contributed by atoms with Crippen molar-refractivity contribution in [3.8, 4) is 11.4 Å². The van der Waals surface area contributed by atoms with Gasteiger partial charge >= 0.3 is 6.18 Å². The second-order valence-electron chi connectivity index (χ2n) is 7.85. The van der Waals surface area contributed by atoms with Gasteiger partial charge in [0.05, 0.1) is 23.0 Å². The number of alkyl halides is 3. The van der Waals surface area contributed by atoms with E-state index >= 15 is 0 Å². The number of aryl methyl sites for hydroxylation is 1. The molecule has 0 saturated carbocycles. The Morgan fingerprint density at radius 1 is 1.20 bits per heavy atom.